The molecule has 6 heteroatoms. The van der Waals surface area contributed by atoms with E-state index >= 15 is 0 Å². The van der Waals surface area contributed by atoms with Crippen LogP contribution in [0.1, 0.15) is 329 Å². The summed E-state index contributed by atoms with van der Waals surface area (Å²) >= 11 is 0. The Hall–Kier alpha value is -2.63. The standard InChI is InChI=1S/C65H118O6/c1-4-7-10-13-16-19-22-25-28-30-32-34-37-39-42-45-48-51-54-57-63(66)69-60-62(71-65(68)59-56-53-50-47-44-41-36-27-24-21-18-15-12-9-6-3)61-70-64(67)58-55-52-49-46-43-40-38-35-33-31-29-26-23-20-17-14-11-8-5-2/h9,12,18,21,25,27-28,36,62H,4-8,10-11,13-17,19-20,22-24,26,29-35,37-61H2,1-3H3/b12-9-,21-18-,28-25-,36-27-/t62-/m1/s1. The second-order valence-corrected chi connectivity index (χ2v) is 20.9. The Bertz CT molecular complexity index is 1230. The van der Waals surface area contributed by atoms with Crippen LogP contribution in [0.4, 0.5) is 0 Å². The van der Waals surface area contributed by atoms with Crippen LogP contribution in [0.3, 0.4) is 0 Å². The lowest BCUT2D eigenvalue weighted by Gasteiger charge is -2.18. The number of esters is 3. The molecule has 414 valence electrons. The first kappa shape index (κ1) is 68.4. The smallest absolute Gasteiger partial charge is 0.306 e. The fourth-order valence-corrected chi connectivity index (χ4v) is 9.16. The molecule has 0 aliphatic rings. The van der Waals surface area contributed by atoms with Crippen molar-refractivity contribution < 1.29 is 28.6 Å². The summed E-state index contributed by atoms with van der Waals surface area (Å²) < 4.78 is 16.9. The van der Waals surface area contributed by atoms with E-state index in [2.05, 4.69) is 69.4 Å². The van der Waals surface area contributed by atoms with Crippen molar-refractivity contribution in [3.8, 4) is 0 Å². The average molecular weight is 996 g/mol. The number of hydrogen-bond donors (Lipinski definition) is 0. The minimum Gasteiger partial charge on any atom is -0.462 e. The SMILES string of the molecule is CC/C=C\C/C=C\C/C=C\CCCCCCCC(=O)O[C@H](COC(=O)CCCCCCCCCCC/C=C\CCCCCCCC)COC(=O)CCCCCCCCCCCCCCCCCCCCC. The Labute approximate surface area is 441 Å². The number of rotatable bonds is 57. The lowest BCUT2D eigenvalue weighted by Crippen LogP contribution is -2.30. The molecule has 0 saturated heterocycles. The van der Waals surface area contributed by atoms with Gasteiger partial charge in [-0.05, 0) is 77.0 Å². The van der Waals surface area contributed by atoms with Gasteiger partial charge in [0.15, 0.2) is 6.10 Å². The Balaban J connectivity index is 4.33. The van der Waals surface area contributed by atoms with Gasteiger partial charge in [-0.25, -0.2) is 0 Å². The zero-order chi connectivity index (χ0) is 51.4. The fraction of sp³-hybridized carbons (Fsp3) is 0.831. The van der Waals surface area contributed by atoms with E-state index < -0.39 is 6.10 Å². The zero-order valence-electron chi connectivity index (χ0n) is 47.5. The van der Waals surface area contributed by atoms with Crippen molar-refractivity contribution in [3.63, 3.8) is 0 Å². The van der Waals surface area contributed by atoms with E-state index in [4.69, 9.17) is 14.2 Å². The van der Waals surface area contributed by atoms with Gasteiger partial charge in [-0.3, -0.25) is 14.4 Å². The minimum atomic E-state index is -0.781. The molecule has 0 aliphatic carbocycles. The maximum Gasteiger partial charge on any atom is 0.306 e. The van der Waals surface area contributed by atoms with E-state index in [1.54, 1.807) is 0 Å². The van der Waals surface area contributed by atoms with Crippen molar-refractivity contribution in [2.45, 2.75) is 335 Å². The summed E-state index contributed by atoms with van der Waals surface area (Å²) in [5.41, 5.74) is 0. The summed E-state index contributed by atoms with van der Waals surface area (Å²) in [4.78, 5) is 38.3. The van der Waals surface area contributed by atoms with E-state index in [-0.39, 0.29) is 31.1 Å². The molecule has 0 saturated carbocycles. The Kier molecular flexibility index (Phi) is 57.7. The molecule has 0 radical (unpaired) electrons. The number of ether oxygens (including phenoxy) is 3. The molecule has 0 bridgehead atoms. The molecule has 71 heavy (non-hydrogen) atoms. The summed E-state index contributed by atoms with van der Waals surface area (Å²) in [5.74, 6) is -0.877. The Morgan fingerprint density at radius 3 is 0.873 bits per heavy atom. The lowest BCUT2D eigenvalue weighted by atomic mass is 10.0. The quantitative estimate of drug-likeness (QED) is 0.0261. The molecular formula is C65H118O6. The first-order valence-electron chi connectivity index (χ1n) is 31.1. The van der Waals surface area contributed by atoms with Gasteiger partial charge in [0.05, 0.1) is 0 Å². The Morgan fingerprint density at radius 2 is 0.549 bits per heavy atom. The molecule has 0 aliphatic heterocycles. The second-order valence-electron chi connectivity index (χ2n) is 20.9. The van der Waals surface area contributed by atoms with Gasteiger partial charge < -0.3 is 14.2 Å². The largest absolute Gasteiger partial charge is 0.462 e. The van der Waals surface area contributed by atoms with Crippen LogP contribution in [-0.2, 0) is 28.6 Å². The van der Waals surface area contributed by atoms with Gasteiger partial charge in [-0.15, -0.1) is 0 Å². The zero-order valence-corrected chi connectivity index (χ0v) is 47.5. The molecule has 0 fully saturated rings. The monoisotopic (exact) mass is 995 g/mol. The first-order chi connectivity index (χ1) is 35.0. The maximum atomic E-state index is 12.9. The highest BCUT2D eigenvalue weighted by atomic mass is 16.6. The number of hydrogen-bond acceptors (Lipinski definition) is 6. The third kappa shape index (κ3) is 58.1. The topological polar surface area (TPSA) is 78.9 Å². The normalized spacial score (nSPS) is 12.3. The molecule has 0 heterocycles. The summed E-state index contributed by atoms with van der Waals surface area (Å²) in [6, 6.07) is 0. The third-order valence-corrected chi connectivity index (χ3v) is 13.8. The molecule has 0 aromatic heterocycles. The molecule has 0 amide bonds. The molecule has 0 rings (SSSR count). The molecule has 0 aromatic rings. The van der Waals surface area contributed by atoms with Gasteiger partial charge in [-0.1, -0.05) is 281 Å². The van der Waals surface area contributed by atoms with Crippen molar-refractivity contribution in [1.82, 2.24) is 0 Å². The van der Waals surface area contributed by atoms with Crippen LogP contribution in [0.15, 0.2) is 48.6 Å². The van der Waals surface area contributed by atoms with Crippen molar-refractivity contribution in [3.05, 3.63) is 48.6 Å². The van der Waals surface area contributed by atoms with E-state index in [1.807, 2.05) is 0 Å². The van der Waals surface area contributed by atoms with Crippen molar-refractivity contribution in [2.24, 2.45) is 0 Å². The molecular weight excluding hydrogens is 877 g/mol. The van der Waals surface area contributed by atoms with Crippen LogP contribution in [0.5, 0.6) is 0 Å². The second kappa shape index (κ2) is 59.9. The van der Waals surface area contributed by atoms with Gasteiger partial charge in [-0.2, -0.15) is 0 Å². The summed E-state index contributed by atoms with van der Waals surface area (Å²) in [6.45, 7) is 6.56. The predicted molar refractivity (Wildman–Crippen MR) is 307 cm³/mol. The van der Waals surface area contributed by atoms with Crippen LogP contribution >= 0.6 is 0 Å². The van der Waals surface area contributed by atoms with Crippen molar-refractivity contribution in [2.75, 3.05) is 13.2 Å². The van der Waals surface area contributed by atoms with E-state index in [0.717, 1.165) is 96.3 Å². The van der Waals surface area contributed by atoms with Gasteiger partial charge in [0.2, 0.25) is 0 Å². The number of unbranched alkanes of at least 4 members (excludes halogenated alkanes) is 38. The van der Waals surface area contributed by atoms with Crippen LogP contribution in [0, 0.1) is 0 Å². The highest BCUT2D eigenvalue weighted by Gasteiger charge is 2.19. The molecule has 6 nitrogen and oxygen atoms in total. The van der Waals surface area contributed by atoms with Gasteiger partial charge >= 0.3 is 17.9 Å². The summed E-state index contributed by atoms with van der Waals surface area (Å²) in [5, 5.41) is 0. The van der Waals surface area contributed by atoms with Crippen molar-refractivity contribution in [1.29, 1.82) is 0 Å². The molecule has 0 N–H and O–H groups in total. The highest BCUT2D eigenvalue weighted by Crippen LogP contribution is 2.17. The molecule has 0 aromatic carbocycles. The number of carbonyl (C=O) groups is 3. The average Bonchev–Trinajstić information content (AvgIpc) is 3.37. The molecule has 0 unspecified atom stereocenters. The minimum absolute atomic E-state index is 0.0772. The van der Waals surface area contributed by atoms with E-state index in [1.165, 1.54) is 193 Å². The molecule has 0 spiro atoms. The van der Waals surface area contributed by atoms with Gasteiger partial charge in [0.25, 0.3) is 0 Å². The van der Waals surface area contributed by atoms with E-state index in [0.29, 0.717) is 19.3 Å². The van der Waals surface area contributed by atoms with Crippen LogP contribution in [-0.4, -0.2) is 37.2 Å². The number of allylic oxidation sites excluding steroid dienone is 8. The summed E-state index contributed by atoms with van der Waals surface area (Å²) in [7, 11) is 0. The van der Waals surface area contributed by atoms with Crippen LogP contribution in [0.2, 0.25) is 0 Å². The predicted octanol–water partition coefficient (Wildman–Crippen LogP) is 21.0. The summed E-state index contributed by atoms with van der Waals surface area (Å²) in [6.07, 6.45) is 74.0. The third-order valence-electron chi connectivity index (χ3n) is 13.8. The first-order valence-corrected chi connectivity index (χ1v) is 31.1. The van der Waals surface area contributed by atoms with Gasteiger partial charge in [0, 0.05) is 19.3 Å². The molecule has 1 atom stereocenters. The van der Waals surface area contributed by atoms with Gasteiger partial charge in [0.1, 0.15) is 13.2 Å². The van der Waals surface area contributed by atoms with Crippen LogP contribution < -0.4 is 0 Å². The Morgan fingerprint density at radius 1 is 0.296 bits per heavy atom. The maximum absolute atomic E-state index is 12.9. The lowest BCUT2D eigenvalue weighted by molar-refractivity contribution is -0.167. The number of carbonyl (C=O) groups excluding carboxylic acids is 3. The highest BCUT2D eigenvalue weighted by molar-refractivity contribution is 5.71. The van der Waals surface area contributed by atoms with Crippen molar-refractivity contribution >= 4 is 17.9 Å². The van der Waals surface area contributed by atoms with Crippen LogP contribution in [0.25, 0.3) is 0 Å². The van der Waals surface area contributed by atoms with E-state index in [9.17, 15) is 14.4 Å². The fourth-order valence-electron chi connectivity index (χ4n) is 9.16.